The van der Waals surface area contributed by atoms with Gasteiger partial charge in [-0.15, -0.1) is 10.2 Å². The fraction of sp³-hybridized carbons (Fsp3) is 0.400. The second-order valence-electron chi connectivity index (χ2n) is 5.30. The molecule has 20 heavy (non-hydrogen) atoms. The Balaban J connectivity index is 1.77. The monoisotopic (exact) mass is 332 g/mol. The molecule has 1 N–H and O–H groups in total. The molecule has 104 valence electrons. The van der Waals surface area contributed by atoms with Crippen molar-refractivity contribution in [3.63, 3.8) is 0 Å². The van der Waals surface area contributed by atoms with Gasteiger partial charge in [-0.2, -0.15) is 0 Å². The van der Waals surface area contributed by atoms with E-state index in [1.165, 1.54) is 31.4 Å². The lowest BCUT2D eigenvalue weighted by atomic mass is 9.82. The average molecular weight is 333 g/mol. The van der Waals surface area contributed by atoms with Crippen LogP contribution in [0.15, 0.2) is 41.1 Å². The fourth-order valence-corrected chi connectivity index (χ4v) is 3.13. The van der Waals surface area contributed by atoms with Gasteiger partial charge in [0.25, 0.3) is 0 Å². The normalized spacial score (nSPS) is 17.1. The van der Waals surface area contributed by atoms with Crippen LogP contribution in [0.25, 0.3) is 0 Å². The molecule has 1 saturated carbocycles. The zero-order valence-electron chi connectivity index (χ0n) is 11.2. The molecule has 3 rings (SSSR count). The smallest absolute Gasteiger partial charge is 0.148 e. The van der Waals surface area contributed by atoms with Crippen molar-refractivity contribution >= 4 is 21.7 Å². The highest BCUT2D eigenvalue weighted by molar-refractivity contribution is 9.10. The molecule has 0 saturated heterocycles. The number of halogens is 1. The first-order valence-corrected chi connectivity index (χ1v) is 7.72. The van der Waals surface area contributed by atoms with Gasteiger partial charge in [0.15, 0.2) is 0 Å². The van der Waals surface area contributed by atoms with Crippen LogP contribution in [0.3, 0.4) is 0 Å². The second-order valence-corrected chi connectivity index (χ2v) is 6.11. The maximum Gasteiger partial charge on any atom is 0.148 e. The van der Waals surface area contributed by atoms with E-state index in [-0.39, 0.29) is 5.41 Å². The van der Waals surface area contributed by atoms with Crippen LogP contribution in [0.2, 0.25) is 0 Å². The Hall–Kier alpha value is -1.49. The van der Waals surface area contributed by atoms with E-state index in [4.69, 9.17) is 0 Å². The van der Waals surface area contributed by atoms with E-state index in [9.17, 15) is 0 Å². The van der Waals surface area contributed by atoms with E-state index < -0.39 is 0 Å². The first-order chi connectivity index (χ1) is 9.78. The van der Waals surface area contributed by atoms with E-state index in [1.807, 2.05) is 24.4 Å². The molecule has 4 nitrogen and oxygen atoms in total. The maximum atomic E-state index is 4.58. The summed E-state index contributed by atoms with van der Waals surface area (Å²) >= 11 is 3.30. The Morgan fingerprint density at radius 3 is 2.60 bits per heavy atom. The van der Waals surface area contributed by atoms with Crippen LogP contribution in [-0.2, 0) is 5.41 Å². The standard InChI is InChI=1S/C15H17BrN4/c16-13-6-7-14(20-19-13)18-11-15(8-2-3-9-15)12-5-1-4-10-17-12/h1,4-7,10H,2-3,8-9,11H2,(H,18,20). The van der Waals surface area contributed by atoms with E-state index >= 15 is 0 Å². The van der Waals surface area contributed by atoms with Gasteiger partial charge in [-0.05, 0) is 53.0 Å². The van der Waals surface area contributed by atoms with Crippen LogP contribution in [0.4, 0.5) is 5.82 Å². The lowest BCUT2D eigenvalue weighted by Crippen LogP contribution is -2.32. The predicted octanol–water partition coefficient (Wildman–Crippen LogP) is 3.56. The molecule has 2 aromatic heterocycles. The molecule has 1 aliphatic carbocycles. The third-order valence-electron chi connectivity index (χ3n) is 4.01. The van der Waals surface area contributed by atoms with Gasteiger partial charge in [-0.3, -0.25) is 4.98 Å². The highest BCUT2D eigenvalue weighted by Crippen LogP contribution is 2.40. The third kappa shape index (κ3) is 2.82. The molecule has 2 aromatic rings. The van der Waals surface area contributed by atoms with Crippen LogP contribution in [0.1, 0.15) is 31.4 Å². The van der Waals surface area contributed by atoms with Gasteiger partial charge in [0.2, 0.25) is 0 Å². The number of anilines is 1. The molecule has 0 unspecified atom stereocenters. The van der Waals surface area contributed by atoms with Crippen molar-refractivity contribution in [2.45, 2.75) is 31.1 Å². The summed E-state index contributed by atoms with van der Waals surface area (Å²) < 4.78 is 0.753. The minimum atomic E-state index is 0.135. The van der Waals surface area contributed by atoms with Crippen molar-refractivity contribution in [3.8, 4) is 0 Å². The lowest BCUT2D eigenvalue weighted by molar-refractivity contribution is 0.452. The molecule has 1 aliphatic rings. The van der Waals surface area contributed by atoms with Crippen molar-refractivity contribution in [1.82, 2.24) is 15.2 Å². The summed E-state index contributed by atoms with van der Waals surface area (Å²) in [5.74, 6) is 0.815. The minimum Gasteiger partial charge on any atom is -0.368 e. The quantitative estimate of drug-likeness (QED) is 0.930. The number of rotatable bonds is 4. The number of hydrogen-bond donors (Lipinski definition) is 1. The van der Waals surface area contributed by atoms with Crippen LogP contribution in [0, 0.1) is 0 Å². The van der Waals surface area contributed by atoms with E-state index in [1.54, 1.807) is 0 Å². The molecule has 1 fully saturated rings. The fourth-order valence-electron chi connectivity index (χ4n) is 2.92. The first-order valence-electron chi connectivity index (χ1n) is 6.93. The summed E-state index contributed by atoms with van der Waals surface area (Å²) in [5.41, 5.74) is 1.32. The van der Waals surface area contributed by atoms with E-state index in [0.29, 0.717) is 0 Å². The van der Waals surface area contributed by atoms with Gasteiger partial charge in [-0.25, -0.2) is 0 Å². The molecular weight excluding hydrogens is 316 g/mol. The van der Waals surface area contributed by atoms with Gasteiger partial charge in [0.1, 0.15) is 10.4 Å². The molecule has 0 bridgehead atoms. The van der Waals surface area contributed by atoms with Crippen LogP contribution in [-0.4, -0.2) is 21.7 Å². The highest BCUT2D eigenvalue weighted by Gasteiger charge is 2.36. The summed E-state index contributed by atoms with van der Waals surface area (Å²) in [6.07, 6.45) is 6.78. The first kappa shape index (κ1) is 13.5. The Bertz CT molecular complexity index is 550. The van der Waals surface area contributed by atoms with Crippen molar-refractivity contribution in [1.29, 1.82) is 0 Å². The van der Waals surface area contributed by atoms with Gasteiger partial charge >= 0.3 is 0 Å². The number of nitrogens with zero attached hydrogens (tertiary/aromatic N) is 3. The zero-order chi connectivity index (χ0) is 13.8. The Morgan fingerprint density at radius 1 is 1.10 bits per heavy atom. The van der Waals surface area contributed by atoms with E-state index in [2.05, 4.69) is 48.6 Å². The number of nitrogens with one attached hydrogen (secondary N) is 1. The second kappa shape index (κ2) is 5.87. The lowest BCUT2D eigenvalue weighted by Gasteiger charge is -2.28. The Morgan fingerprint density at radius 2 is 1.95 bits per heavy atom. The summed E-state index contributed by atoms with van der Waals surface area (Å²) in [6, 6.07) is 10.0. The molecule has 0 spiro atoms. The van der Waals surface area contributed by atoms with Crippen molar-refractivity contribution in [2.24, 2.45) is 0 Å². The number of aromatic nitrogens is 3. The summed E-state index contributed by atoms with van der Waals surface area (Å²) in [5, 5.41) is 11.6. The number of pyridine rings is 1. The molecule has 2 heterocycles. The average Bonchev–Trinajstić information content (AvgIpc) is 2.98. The van der Waals surface area contributed by atoms with Crippen LogP contribution >= 0.6 is 15.9 Å². The molecule has 0 radical (unpaired) electrons. The van der Waals surface area contributed by atoms with Crippen LogP contribution in [0.5, 0.6) is 0 Å². The van der Waals surface area contributed by atoms with E-state index in [0.717, 1.165) is 17.0 Å². The van der Waals surface area contributed by atoms with Gasteiger partial charge in [0, 0.05) is 23.9 Å². The molecule has 0 atom stereocenters. The van der Waals surface area contributed by atoms with Crippen molar-refractivity contribution in [2.75, 3.05) is 11.9 Å². The Kier molecular flexibility index (Phi) is 3.96. The largest absolute Gasteiger partial charge is 0.368 e. The molecular formula is C15H17BrN4. The zero-order valence-corrected chi connectivity index (χ0v) is 12.8. The summed E-state index contributed by atoms with van der Waals surface area (Å²) in [7, 11) is 0. The maximum absolute atomic E-state index is 4.58. The SMILES string of the molecule is Brc1ccc(NCC2(c3ccccn3)CCCC2)nn1. The predicted molar refractivity (Wildman–Crippen MR) is 82.6 cm³/mol. The van der Waals surface area contributed by atoms with Gasteiger partial charge < -0.3 is 5.32 Å². The van der Waals surface area contributed by atoms with Gasteiger partial charge in [0.05, 0.1) is 0 Å². The summed E-state index contributed by atoms with van der Waals surface area (Å²) in [6.45, 7) is 0.861. The summed E-state index contributed by atoms with van der Waals surface area (Å²) in [4.78, 5) is 4.58. The Labute approximate surface area is 127 Å². The third-order valence-corrected chi connectivity index (χ3v) is 4.43. The topological polar surface area (TPSA) is 50.7 Å². The van der Waals surface area contributed by atoms with Gasteiger partial charge in [-0.1, -0.05) is 18.9 Å². The minimum absolute atomic E-state index is 0.135. The number of hydrogen-bond acceptors (Lipinski definition) is 4. The molecule has 5 heteroatoms. The van der Waals surface area contributed by atoms with Crippen molar-refractivity contribution < 1.29 is 0 Å². The highest BCUT2D eigenvalue weighted by atomic mass is 79.9. The molecule has 0 amide bonds. The van der Waals surface area contributed by atoms with Crippen molar-refractivity contribution in [3.05, 3.63) is 46.8 Å². The van der Waals surface area contributed by atoms with Crippen LogP contribution < -0.4 is 5.32 Å². The molecule has 0 aromatic carbocycles. The molecule has 0 aliphatic heterocycles.